The van der Waals surface area contributed by atoms with Crippen LogP contribution in [0.1, 0.15) is 34.1 Å². The summed E-state index contributed by atoms with van der Waals surface area (Å²) < 4.78 is 9.66. The molecule has 0 saturated carbocycles. The molecular formula is C11H20N2O4. The number of ether oxygens (including phenoxy) is 2. The maximum atomic E-state index is 11.4. The van der Waals surface area contributed by atoms with Crippen LogP contribution >= 0.6 is 0 Å². The fourth-order valence-electron chi connectivity index (χ4n) is 0.887. The summed E-state index contributed by atoms with van der Waals surface area (Å²) in [5, 5.41) is 0. The van der Waals surface area contributed by atoms with Gasteiger partial charge in [0.15, 0.2) is 11.4 Å². The molecule has 6 nitrogen and oxygen atoms in total. The second-order valence-electron chi connectivity index (χ2n) is 4.85. The summed E-state index contributed by atoms with van der Waals surface area (Å²) in [7, 11) is 0. The molecule has 0 aliphatic rings. The van der Waals surface area contributed by atoms with Crippen LogP contribution in [0.5, 0.6) is 0 Å². The lowest BCUT2D eigenvalue weighted by atomic mass is 10.2. The monoisotopic (exact) mass is 244 g/mol. The van der Waals surface area contributed by atoms with Gasteiger partial charge in [0, 0.05) is 5.57 Å². The Bertz CT molecular complexity index is 323. The fraction of sp³-hybridized carbons (Fsp3) is 0.636. The average molecular weight is 244 g/mol. The standard InChI is InChI=1S/C11H20N2O4/c1-7(9(15)17-11(4,5)13)6-8(14)16-10(2,3)12/h1,6,12-13H2,2-5H3. The molecule has 0 rings (SSSR count). The summed E-state index contributed by atoms with van der Waals surface area (Å²) in [6.45, 7) is 9.51. The minimum atomic E-state index is -1.11. The third kappa shape index (κ3) is 8.41. The van der Waals surface area contributed by atoms with E-state index in [4.69, 9.17) is 20.9 Å². The van der Waals surface area contributed by atoms with Gasteiger partial charge in [-0.2, -0.15) is 0 Å². The molecule has 0 atom stereocenters. The Morgan fingerprint density at radius 2 is 1.47 bits per heavy atom. The highest BCUT2D eigenvalue weighted by Gasteiger charge is 2.23. The SMILES string of the molecule is C=C(CC(=O)OC(C)(C)N)C(=O)OC(C)(C)N. The highest BCUT2D eigenvalue weighted by atomic mass is 16.6. The number of hydrogen-bond donors (Lipinski definition) is 2. The molecule has 0 heterocycles. The topological polar surface area (TPSA) is 105 Å². The lowest BCUT2D eigenvalue weighted by Crippen LogP contribution is -2.39. The molecule has 6 heteroatoms. The first-order chi connectivity index (χ1) is 7.41. The number of nitrogens with two attached hydrogens (primary N) is 2. The molecule has 0 amide bonds. The van der Waals surface area contributed by atoms with E-state index in [1.165, 1.54) is 27.7 Å². The molecule has 0 aromatic rings. The Labute approximate surface area is 101 Å². The van der Waals surface area contributed by atoms with Crippen molar-refractivity contribution in [3.63, 3.8) is 0 Å². The van der Waals surface area contributed by atoms with Crippen LogP contribution in [0.15, 0.2) is 12.2 Å². The third-order valence-corrected chi connectivity index (χ3v) is 1.38. The summed E-state index contributed by atoms with van der Waals surface area (Å²) in [6.07, 6.45) is -0.282. The maximum absolute atomic E-state index is 11.4. The zero-order valence-electron chi connectivity index (χ0n) is 10.7. The molecule has 0 radical (unpaired) electrons. The molecule has 0 aromatic heterocycles. The van der Waals surface area contributed by atoms with Crippen LogP contribution in [-0.4, -0.2) is 23.4 Å². The van der Waals surface area contributed by atoms with Crippen LogP contribution in [0.25, 0.3) is 0 Å². The van der Waals surface area contributed by atoms with Gasteiger partial charge >= 0.3 is 11.9 Å². The Hall–Kier alpha value is -1.40. The van der Waals surface area contributed by atoms with E-state index in [1.807, 2.05) is 0 Å². The van der Waals surface area contributed by atoms with Gasteiger partial charge in [-0.1, -0.05) is 6.58 Å². The van der Waals surface area contributed by atoms with Crippen LogP contribution in [0, 0.1) is 0 Å². The van der Waals surface area contributed by atoms with Crippen molar-refractivity contribution in [3.8, 4) is 0 Å². The minimum absolute atomic E-state index is 0.0298. The van der Waals surface area contributed by atoms with Gasteiger partial charge < -0.3 is 9.47 Å². The summed E-state index contributed by atoms with van der Waals surface area (Å²) in [5.41, 5.74) is 8.73. The van der Waals surface area contributed by atoms with E-state index in [1.54, 1.807) is 0 Å². The quantitative estimate of drug-likeness (QED) is 0.412. The summed E-state index contributed by atoms with van der Waals surface area (Å²) in [6, 6.07) is 0. The average Bonchev–Trinajstić information content (AvgIpc) is 1.95. The van der Waals surface area contributed by atoms with Crippen molar-refractivity contribution < 1.29 is 19.1 Å². The summed E-state index contributed by atoms with van der Waals surface area (Å²) in [4.78, 5) is 22.8. The number of carbonyl (C=O) groups is 2. The van der Waals surface area contributed by atoms with Gasteiger partial charge in [0.05, 0.1) is 6.42 Å². The molecular weight excluding hydrogens is 224 g/mol. The lowest BCUT2D eigenvalue weighted by molar-refractivity contribution is -0.158. The van der Waals surface area contributed by atoms with E-state index < -0.39 is 23.4 Å². The highest BCUT2D eigenvalue weighted by Crippen LogP contribution is 2.10. The lowest BCUT2D eigenvalue weighted by Gasteiger charge is -2.21. The van der Waals surface area contributed by atoms with Gasteiger partial charge in [-0.05, 0) is 27.7 Å². The van der Waals surface area contributed by atoms with Gasteiger partial charge in [0.1, 0.15) is 0 Å². The van der Waals surface area contributed by atoms with E-state index in [-0.39, 0.29) is 12.0 Å². The minimum Gasteiger partial charge on any atom is -0.444 e. The van der Waals surface area contributed by atoms with E-state index in [9.17, 15) is 9.59 Å². The van der Waals surface area contributed by atoms with Crippen molar-refractivity contribution in [2.75, 3.05) is 0 Å². The normalized spacial score (nSPS) is 11.9. The zero-order valence-corrected chi connectivity index (χ0v) is 10.7. The summed E-state index contributed by atoms with van der Waals surface area (Å²) in [5.74, 6) is -1.38. The Morgan fingerprint density at radius 3 is 1.82 bits per heavy atom. The second-order valence-corrected chi connectivity index (χ2v) is 4.85. The second kappa shape index (κ2) is 5.29. The van der Waals surface area contributed by atoms with Crippen LogP contribution in [0.2, 0.25) is 0 Å². The predicted molar refractivity (Wildman–Crippen MR) is 62.5 cm³/mol. The number of rotatable bonds is 5. The molecule has 0 aliphatic heterocycles. The Morgan fingerprint density at radius 1 is 1.06 bits per heavy atom. The van der Waals surface area contributed by atoms with E-state index in [0.717, 1.165) is 0 Å². The van der Waals surface area contributed by atoms with E-state index >= 15 is 0 Å². The van der Waals surface area contributed by atoms with E-state index in [2.05, 4.69) is 6.58 Å². The molecule has 0 spiro atoms. The zero-order chi connectivity index (χ0) is 13.9. The van der Waals surface area contributed by atoms with Crippen LogP contribution in [-0.2, 0) is 19.1 Å². The number of carbonyl (C=O) groups excluding carboxylic acids is 2. The number of esters is 2. The molecule has 0 aromatic carbocycles. The first-order valence-electron chi connectivity index (χ1n) is 5.11. The van der Waals surface area contributed by atoms with Gasteiger partial charge in [0.25, 0.3) is 0 Å². The predicted octanol–water partition coefficient (Wildman–Crippen LogP) is 0.409. The summed E-state index contributed by atoms with van der Waals surface area (Å²) >= 11 is 0. The van der Waals surface area contributed by atoms with Gasteiger partial charge in [-0.3, -0.25) is 16.3 Å². The molecule has 0 unspecified atom stereocenters. The molecule has 0 bridgehead atoms. The van der Waals surface area contributed by atoms with Crippen molar-refractivity contribution >= 4 is 11.9 Å². The van der Waals surface area contributed by atoms with Crippen molar-refractivity contribution in [3.05, 3.63) is 12.2 Å². The number of hydrogen-bond acceptors (Lipinski definition) is 6. The highest BCUT2D eigenvalue weighted by molar-refractivity contribution is 5.93. The first-order valence-corrected chi connectivity index (χ1v) is 5.11. The molecule has 98 valence electrons. The Balaban J connectivity index is 4.28. The Kier molecular flexibility index (Phi) is 4.85. The fourth-order valence-corrected chi connectivity index (χ4v) is 0.887. The molecule has 0 saturated heterocycles. The van der Waals surface area contributed by atoms with Crippen molar-refractivity contribution in [2.24, 2.45) is 11.5 Å². The molecule has 0 fully saturated rings. The van der Waals surface area contributed by atoms with Crippen LogP contribution in [0.4, 0.5) is 0 Å². The van der Waals surface area contributed by atoms with Crippen LogP contribution in [0.3, 0.4) is 0 Å². The largest absolute Gasteiger partial charge is 0.444 e. The van der Waals surface area contributed by atoms with Crippen molar-refractivity contribution in [1.82, 2.24) is 0 Å². The van der Waals surface area contributed by atoms with Gasteiger partial charge in [0.2, 0.25) is 0 Å². The van der Waals surface area contributed by atoms with Crippen molar-refractivity contribution in [2.45, 2.75) is 45.6 Å². The van der Waals surface area contributed by atoms with Crippen molar-refractivity contribution in [1.29, 1.82) is 0 Å². The molecule has 17 heavy (non-hydrogen) atoms. The van der Waals surface area contributed by atoms with Gasteiger partial charge in [-0.15, -0.1) is 0 Å². The first kappa shape index (κ1) is 15.6. The van der Waals surface area contributed by atoms with Crippen LogP contribution < -0.4 is 11.5 Å². The van der Waals surface area contributed by atoms with Gasteiger partial charge in [-0.25, -0.2) is 4.79 Å². The third-order valence-electron chi connectivity index (χ3n) is 1.38. The molecule has 4 N–H and O–H groups in total. The maximum Gasteiger partial charge on any atom is 0.335 e. The molecule has 0 aliphatic carbocycles. The van der Waals surface area contributed by atoms with E-state index in [0.29, 0.717) is 0 Å². The smallest absolute Gasteiger partial charge is 0.335 e.